The molecule has 0 saturated heterocycles. The van der Waals surface area contributed by atoms with E-state index < -0.39 is 0 Å². The fourth-order valence-corrected chi connectivity index (χ4v) is 0.236. The highest BCUT2D eigenvalue weighted by Gasteiger charge is 2.17. The van der Waals surface area contributed by atoms with E-state index in [1.165, 1.54) is 0 Å². The second-order valence-electron chi connectivity index (χ2n) is 2.72. The van der Waals surface area contributed by atoms with Crippen molar-refractivity contribution in [3.8, 4) is 0 Å². The molecule has 0 aliphatic heterocycles. The third-order valence-electron chi connectivity index (χ3n) is 1.68. The SMILES string of the molecule is C=CC(C)(N)C(C)C. The molecule has 8 heavy (non-hydrogen) atoms. The van der Waals surface area contributed by atoms with E-state index in [0.717, 1.165) is 0 Å². The Hall–Kier alpha value is -0.300. The smallest absolute Gasteiger partial charge is 0.0331 e. The second-order valence-corrected chi connectivity index (χ2v) is 2.72. The van der Waals surface area contributed by atoms with Gasteiger partial charge in [-0.15, -0.1) is 6.58 Å². The van der Waals surface area contributed by atoms with E-state index in [2.05, 4.69) is 20.4 Å². The maximum absolute atomic E-state index is 5.74. The van der Waals surface area contributed by atoms with Crippen molar-refractivity contribution < 1.29 is 0 Å². The summed E-state index contributed by atoms with van der Waals surface area (Å²) < 4.78 is 0. The highest BCUT2D eigenvalue weighted by atomic mass is 14.7. The van der Waals surface area contributed by atoms with Gasteiger partial charge in [-0.1, -0.05) is 19.9 Å². The Bertz CT molecular complexity index is 82.4. The molecule has 0 fully saturated rings. The van der Waals surface area contributed by atoms with Crippen molar-refractivity contribution in [2.45, 2.75) is 26.3 Å². The Kier molecular flexibility index (Phi) is 2.23. The van der Waals surface area contributed by atoms with Gasteiger partial charge in [0.1, 0.15) is 0 Å². The third kappa shape index (κ3) is 1.66. The topological polar surface area (TPSA) is 26.0 Å². The van der Waals surface area contributed by atoms with E-state index in [1.54, 1.807) is 6.08 Å². The summed E-state index contributed by atoms with van der Waals surface area (Å²) in [6.07, 6.45) is 1.79. The molecule has 0 saturated carbocycles. The zero-order valence-electron chi connectivity index (χ0n) is 5.94. The highest BCUT2D eigenvalue weighted by Crippen LogP contribution is 2.12. The maximum atomic E-state index is 5.74. The summed E-state index contributed by atoms with van der Waals surface area (Å²) in [5.41, 5.74) is 5.55. The molecule has 0 spiro atoms. The molecule has 0 rings (SSSR count). The first-order chi connectivity index (χ1) is 3.50. The number of rotatable bonds is 2. The monoisotopic (exact) mass is 113 g/mol. The van der Waals surface area contributed by atoms with Crippen molar-refractivity contribution in [3.05, 3.63) is 12.7 Å². The van der Waals surface area contributed by atoms with E-state index in [1.807, 2.05) is 6.92 Å². The van der Waals surface area contributed by atoms with E-state index in [0.29, 0.717) is 5.92 Å². The summed E-state index contributed by atoms with van der Waals surface area (Å²) in [7, 11) is 0. The lowest BCUT2D eigenvalue weighted by Gasteiger charge is -2.24. The minimum atomic E-state index is -0.194. The Balaban J connectivity index is 3.90. The predicted molar refractivity (Wildman–Crippen MR) is 37.6 cm³/mol. The predicted octanol–water partition coefficient (Wildman–Crippen LogP) is 1.55. The zero-order valence-corrected chi connectivity index (χ0v) is 5.94. The van der Waals surface area contributed by atoms with Gasteiger partial charge >= 0.3 is 0 Å². The molecule has 48 valence electrons. The minimum Gasteiger partial charge on any atom is -0.322 e. The number of hydrogen-bond acceptors (Lipinski definition) is 1. The fourth-order valence-electron chi connectivity index (χ4n) is 0.236. The van der Waals surface area contributed by atoms with Crippen LogP contribution in [0.4, 0.5) is 0 Å². The average Bonchev–Trinajstić information content (AvgIpc) is 1.67. The molecule has 1 atom stereocenters. The molecule has 0 bridgehead atoms. The summed E-state index contributed by atoms with van der Waals surface area (Å²) in [4.78, 5) is 0. The molecule has 0 aliphatic carbocycles. The molecular weight excluding hydrogens is 98.1 g/mol. The van der Waals surface area contributed by atoms with Gasteiger partial charge in [-0.05, 0) is 12.8 Å². The van der Waals surface area contributed by atoms with Gasteiger partial charge in [0.25, 0.3) is 0 Å². The second kappa shape index (κ2) is 2.31. The van der Waals surface area contributed by atoms with E-state index in [4.69, 9.17) is 5.73 Å². The van der Waals surface area contributed by atoms with Gasteiger partial charge in [0.05, 0.1) is 0 Å². The van der Waals surface area contributed by atoms with Crippen LogP contribution in [0.1, 0.15) is 20.8 Å². The van der Waals surface area contributed by atoms with Crippen molar-refractivity contribution in [2.75, 3.05) is 0 Å². The summed E-state index contributed by atoms with van der Waals surface area (Å²) in [6, 6.07) is 0. The van der Waals surface area contributed by atoms with Crippen LogP contribution in [0.3, 0.4) is 0 Å². The van der Waals surface area contributed by atoms with Crippen molar-refractivity contribution in [1.29, 1.82) is 0 Å². The lowest BCUT2D eigenvalue weighted by atomic mass is 9.90. The van der Waals surface area contributed by atoms with Crippen molar-refractivity contribution in [3.63, 3.8) is 0 Å². The largest absolute Gasteiger partial charge is 0.322 e. The quantitative estimate of drug-likeness (QED) is 0.540. The molecule has 2 N–H and O–H groups in total. The third-order valence-corrected chi connectivity index (χ3v) is 1.68. The summed E-state index contributed by atoms with van der Waals surface area (Å²) in [5, 5.41) is 0. The summed E-state index contributed by atoms with van der Waals surface area (Å²) in [5.74, 6) is 0.472. The molecule has 0 aromatic carbocycles. The molecule has 1 heteroatoms. The molecule has 0 amide bonds. The first-order valence-corrected chi connectivity index (χ1v) is 2.93. The van der Waals surface area contributed by atoms with Crippen LogP contribution in [0, 0.1) is 5.92 Å². The molecule has 0 radical (unpaired) electrons. The van der Waals surface area contributed by atoms with Crippen molar-refractivity contribution >= 4 is 0 Å². The van der Waals surface area contributed by atoms with Crippen LogP contribution in [0.5, 0.6) is 0 Å². The van der Waals surface area contributed by atoms with Gasteiger partial charge < -0.3 is 5.73 Å². The van der Waals surface area contributed by atoms with Crippen molar-refractivity contribution in [1.82, 2.24) is 0 Å². The Morgan fingerprint density at radius 1 is 1.62 bits per heavy atom. The Morgan fingerprint density at radius 2 is 2.00 bits per heavy atom. The Morgan fingerprint density at radius 3 is 2.00 bits per heavy atom. The van der Waals surface area contributed by atoms with Crippen LogP contribution >= 0.6 is 0 Å². The number of hydrogen-bond donors (Lipinski definition) is 1. The van der Waals surface area contributed by atoms with Crippen LogP contribution in [-0.4, -0.2) is 5.54 Å². The van der Waals surface area contributed by atoms with E-state index in [-0.39, 0.29) is 5.54 Å². The lowest BCUT2D eigenvalue weighted by Crippen LogP contribution is -2.38. The van der Waals surface area contributed by atoms with Crippen molar-refractivity contribution in [2.24, 2.45) is 11.7 Å². The van der Waals surface area contributed by atoms with Gasteiger partial charge in [0.2, 0.25) is 0 Å². The van der Waals surface area contributed by atoms with Crippen LogP contribution < -0.4 is 5.73 Å². The van der Waals surface area contributed by atoms with Gasteiger partial charge in [-0.3, -0.25) is 0 Å². The first kappa shape index (κ1) is 7.70. The average molecular weight is 113 g/mol. The van der Waals surface area contributed by atoms with E-state index in [9.17, 15) is 0 Å². The van der Waals surface area contributed by atoms with Crippen LogP contribution in [0.25, 0.3) is 0 Å². The minimum absolute atomic E-state index is 0.194. The maximum Gasteiger partial charge on any atom is 0.0331 e. The standard InChI is InChI=1S/C7H15N/c1-5-7(4,8)6(2)3/h5-6H,1,8H2,2-4H3. The molecule has 1 unspecified atom stereocenters. The lowest BCUT2D eigenvalue weighted by molar-refractivity contribution is 0.420. The molecule has 0 aromatic rings. The van der Waals surface area contributed by atoms with Crippen LogP contribution in [0.15, 0.2) is 12.7 Å². The van der Waals surface area contributed by atoms with Gasteiger partial charge in [0, 0.05) is 5.54 Å². The van der Waals surface area contributed by atoms with Gasteiger partial charge in [-0.2, -0.15) is 0 Å². The molecule has 0 heterocycles. The molecular formula is C7H15N. The van der Waals surface area contributed by atoms with Crippen LogP contribution in [-0.2, 0) is 0 Å². The Labute approximate surface area is 51.6 Å². The highest BCUT2D eigenvalue weighted by molar-refractivity contribution is 4.98. The summed E-state index contributed by atoms with van der Waals surface area (Å²) >= 11 is 0. The molecule has 0 aromatic heterocycles. The van der Waals surface area contributed by atoms with E-state index >= 15 is 0 Å². The zero-order chi connectivity index (χ0) is 6.78. The normalized spacial score (nSPS) is 18.1. The summed E-state index contributed by atoms with van der Waals surface area (Å²) in [6.45, 7) is 9.78. The molecule has 1 nitrogen and oxygen atoms in total. The first-order valence-electron chi connectivity index (χ1n) is 2.93. The molecule has 0 aliphatic rings. The van der Waals surface area contributed by atoms with Gasteiger partial charge in [-0.25, -0.2) is 0 Å². The van der Waals surface area contributed by atoms with Crippen LogP contribution in [0.2, 0.25) is 0 Å². The van der Waals surface area contributed by atoms with Gasteiger partial charge in [0.15, 0.2) is 0 Å². The fraction of sp³-hybridized carbons (Fsp3) is 0.714. The number of nitrogens with two attached hydrogens (primary N) is 1.